The van der Waals surface area contributed by atoms with Gasteiger partial charge in [0.05, 0.1) is 11.9 Å². The normalized spacial score (nSPS) is 18.6. The molecule has 112 valence electrons. The lowest BCUT2D eigenvalue weighted by molar-refractivity contribution is 0.0392. The van der Waals surface area contributed by atoms with E-state index in [1.807, 2.05) is 20.8 Å². The maximum atomic E-state index is 12.1. The number of ether oxygens (including phenoxy) is 1. The van der Waals surface area contributed by atoms with Crippen molar-refractivity contribution >= 4 is 11.8 Å². The molecule has 0 spiro atoms. The highest BCUT2D eigenvalue weighted by molar-refractivity contribution is 5.69. The number of rotatable bonds is 2. The van der Waals surface area contributed by atoms with Gasteiger partial charge in [-0.1, -0.05) is 24.4 Å². The Morgan fingerprint density at radius 2 is 2.05 bits per heavy atom. The summed E-state index contributed by atoms with van der Waals surface area (Å²) >= 11 is 0. The Bertz CT molecular complexity index is 470. The molecule has 0 saturated heterocycles. The average molecular weight is 281 g/mol. The average Bonchev–Trinajstić information content (AvgIpc) is 2.74. The Labute approximate surface area is 119 Å². The van der Waals surface area contributed by atoms with Gasteiger partial charge in [0.15, 0.2) is 5.76 Å². The molecule has 6 nitrogen and oxygen atoms in total. The summed E-state index contributed by atoms with van der Waals surface area (Å²) in [5, 5.41) is 6.69. The van der Waals surface area contributed by atoms with Crippen LogP contribution in [0, 0.1) is 0 Å². The first-order chi connectivity index (χ1) is 9.32. The number of carbonyl (C=O) groups excluding carboxylic acids is 1. The van der Waals surface area contributed by atoms with Gasteiger partial charge in [0, 0.05) is 0 Å². The number of amides is 1. The van der Waals surface area contributed by atoms with Crippen molar-refractivity contribution in [2.24, 2.45) is 0 Å². The Kier molecular flexibility index (Phi) is 3.92. The first-order valence-corrected chi connectivity index (χ1v) is 7.04. The zero-order chi connectivity index (χ0) is 14.8. The van der Waals surface area contributed by atoms with Crippen molar-refractivity contribution in [3.63, 3.8) is 0 Å². The molecule has 2 rings (SSSR count). The molecule has 0 aromatic carbocycles. The van der Waals surface area contributed by atoms with Crippen LogP contribution in [0.15, 0.2) is 10.7 Å². The molecule has 0 radical (unpaired) electrons. The molecule has 1 saturated carbocycles. The Morgan fingerprint density at radius 3 is 2.55 bits per heavy atom. The van der Waals surface area contributed by atoms with Gasteiger partial charge < -0.3 is 20.3 Å². The molecule has 1 heterocycles. The van der Waals surface area contributed by atoms with Crippen LogP contribution >= 0.6 is 0 Å². The summed E-state index contributed by atoms with van der Waals surface area (Å²) in [4.78, 5) is 12.1. The van der Waals surface area contributed by atoms with Crippen LogP contribution in [-0.4, -0.2) is 16.9 Å². The number of nitrogens with one attached hydrogen (secondary N) is 1. The van der Waals surface area contributed by atoms with Crippen LogP contribution in [0.2, 0.25) is 0 Å². The monoisotopic (exact) mass is 281 g/mol. The molecule has 6 heteroatoms. The molecular weight excluding hydrogens is 258 g/mol. The van der Waals surface area contributed by atoms with E-state index in [4.69, 9.17) is 15.0 Å². The molecule has 1 fully saturated rings. The highest BCUT2D eigenvalue weighted by atomic mass is 16.6. The zero-order valence-corrected chi connectivity index (χ0v) is 12.4. The Hall–Kier alpha value is -1.72. The number of nitrogens with two attached hydrogens (primary N) is 1. The van der Waals surface area contributed by atoms with Crippen LogP contribution in [0.5, 0.6) is 0 Å². The van der Waals surface area contributed by atoms with Crippen molar-refractivity contribution in [2.75, 3.05) is 5.73 Å². The van der Waals surface area contributed by atoms with E-state index in [1.54, 1.807) is 0 Å². The van der Waals surface area contributed by atoms with E-state index < -0.39 is 17.2 Å². The van der Waals surface area contributed by atoms with Crippen molar-refractivity contribution < 1.29 is 14.1 Å². The van der Waals surface area contributed by atoms with Crippen molar-refractivity contribution in [3.05, 3.63) is 12.0 Å². The lowest BCUT2D eigenvalue weighted by Crippen LogP contribution is -2.49. The summed E-state index contributed by atoms with van der Waals surface area (Å²) in [7, 11) is 0. The van der Waals surface area contributed by atoms with Crippen LogP contribution < -0.4 is 11.1 Å². The van der Waals surface area contributed by atoms with Gasteiger partial charge in [-0.2, -0.15) is 0 Å². The molecule has 1 aromatic rings. The summed E-state index contributed by atoms with van der Waals surface area (Å²) < 4.78 is 10.6. The molecular formula is C14H23N3O3. The van der Waals surface area contributed by atoms with Gasteiger partial charge in [-0.15, -0.1) is 0 Å². The number of nitrogens with zero attached hydrogens (tertiary/aromatic N) is 1. The molecule has 1 aliphatic carbocycles. The van der Waals surface area contributed by atoms with Crippen LogP contribution in [0.25, 0.3) is 0 Å². The molecule has 1 aliphatic rings. The van der Waals surface area contributed by atoms with E-state index in [2.05, 4.69) is 10.5 Å². The summed E-state index contributed by atoms with van der Waals surface area (Å²) in [6.45, 7) is 5.51. The van der Waals surface area contributed by atoms with Crippen LogP contribution in [0.1, 0.15) is 58.6 Å². The highest BCUT2D eigenvalue weighted by Gasteiger charge is 2.41. The van der Waals surface area contributed by atoms with E-state index in [-0.39, 0.29) is 0 Å². The topological polar surface area (TPSA) is 90.4 Å². The number of alkyl carbamates (subject to hydrolysis) is 1. The van der Waals surface area contributed by atoms with Gasteiger partial charge in [-0.05, 0) is 33.6 Å². The number of carbonyl (C=O) groups is 1. The fraction of sp³-hybridized carbons (Fsp3) is 0.714. The summed E-state index contributed by atoms with van der Waals surface area (Å²) in [6.07, 6.45) is 5.76. The summed E-state index contributed by atoms with van der Waals surface area (Å²) in [6, 6.07) is 0. The third-order valence-corrected chi connectivity index (χ3v) is 3.48. The second-order valence-corrected chi connectivity index (χ2v) is 6.38. The van der Waals surface area contributed by atoms with Gasteiger partial charge in [-0.3, -0.25) is 0 Å². The standard InChI is InChI=1S/C14H23N3O3/c1-13(2,3)19-12(18)17-14(7-5-4-6-8-14)11-10(15)9-16-20-11/h9H,4-8,15H2,1-3H3,(H,17,18). The van der Waals surface area contributed by atoms with Crippen molar-refractivity contribution in [1.29, 1.82) is 0 Å². The molecule has 0 atom stereocenters. The molecule has 3 N–H and O–H groups in total. The van der Waals surface area contributed by atoms with Gasteiger partial charge >= 0.3 is 6.09 Å². The van der Waals surface area contributed by atoms with E-state index in [0.29, 0.717) is 11.4 Å². The quantitative estimate of drug-likeness (QED) is 0.869. The van der Waals surface area contributed by atoms with Crippen LogP contribution in [0.3, 0.4) is 0 Å². The van der Waals surface area contributed by atoms with Gasteiger partial charge in [0.1, 0.15) is 11.1 Å². The van der Waals surface area contributed by atoms with E-state index >= 15 is 0 Å². The third-order valence-electron chi connectivity index (χ3n) is 3.48. The number of hydrogen-bond acceptors (Lipinski definition) is 5. The minimum Gasteiger partial charge on any atom is -0.444 e. The van der Waals surface area contributed by atoms with Gasteiger partial charge in [0.25, 0.3) is 0 Å². The second kappa shape index (κ2) is 5.34. The Balaban J connectivity index is 2.20. The molecule has 1 aromatic heterocycles. The molecule has 0 unspecified atom stereocenters. The smallest absolute Gasteiger partial charge is 0.408 e. The molecule has 0 aliphatic heterocycles. The first-order valence-electron chi connectivity index (χ1n) is 7.04. The second-order valence-electron chi connectivity index (χ2n) is 6.38. The summed E-state index contributed by atoms with van der Waals surface area (Å²) in [5.74, 6) is 0.544. The molecule has 20 heavy (non-hydrogen) atoms. The van der Waals surface area contributed by atoms with Crippen molar-refractivity contribution in [3.8, 4) is 0 Å². The maximum Gasteiger partial charge on any atom is 0.408 e. The van der Waals surface area contributed by atoms with Gasteiger partial charge in [0.2, 0.25) is 0 Å². The fourth-order valence-corrected chi connectivity index (χ4v) is 2.67. The third kappa shape index (κ3) is 3.23. The van der Waals surface area contributed by atoms with Gasteiger partial charge in [-0.25, -0.2) is 4.79 Å². The molecule has 0 bridgehead atoms. The largest absolute Gasteiger partial charge is 0.444 e. The zero-order valence-electron chi connectivity index (χ0n) is 12.4. The predicted octanol–water partition coefficient (Wildman–Crippen LogP) is 2.94. The fourth-order valence-electron chi connectivity index (χ4n) is 2.67. The predicted molar refractivity (Wildman–Crippen MR) is 75.0 cm³/mol. The van der Waals surface area contributed by atoms with Crippen LogP contribution in [-0.2, 0) is 10.3 Å². The van der Waals surface area contributed by atoms with Crippen LogP contribution in [0.4, 0.5) is 10.5 Å². The minimum atomic E-state index is -0.596. The number of nitrogen functional groups attached to an aromatic ring is 1. The number of aromatic nitrogens is 1. The van der Waals surface area contributed by atoms with E-state index in [1.165, 1.54) is 6.20 Å². The lowest BCUT2D eigenvalue weighted by Gasteiger charge is -2.36. The SMILES string of the molecule is CC(C)(C)OC(=O)NC1(c2oncc2N)CCCCC1. The Morgan fingerprint density at radius 1 is 1.40 bits per heavy atom. The van der Waals surface area contributed by atoms with E-state index in [9.17, 15) is 4.79 Å². The van der Waals surface area contributed by atoms with E-state index in [0.717, 1.165) is 32.1 Å². The number of hydrogen-bond donors (Lipinski definition) is 2. The lowest BCUT2D eigenvalue weighted by atomic mass is 9.79. The first kappa shape index (κ1) is 14.7. The highest BCUT2D eigenvalue weighted by Crippen LogP contribution is 2.39. The maximum absolute atomic E-state index is 12.1. The van der Waals surface area contributed by atoms with Crippen molar-refractivity contribution in [1.82, 2.24) is 10.5 Å². The minimum absolute atomic E-state index is 0.449. The number of anilines is 1. The molecule has 1 amide bonds. The van der Waals surface area contributed by atoms with Crippen molar-refractivity contribution in [2.45, 2.75) is 64.0 Å². The summed E-state index contributed by atoms with van der Waals surface area (Å²) in [5.41, 5.74) is 5.26.